The van der Waals surface area contributed by atoms with Gasteiger partial charge in [-0.2, -0.15) is 0 Å². The molecule has 0 saturated heterocycles. The lowest BCUT2D eigenvalue weighted by molar-refractivity contribution is 0.0658. The van der Waals surface area contributed by atoms with Gasteiger partial charge in [0.25, 0.3) is 0 Å². The lowest BCUT2D eigenvalue weighted by Gasteiger charge is -2.06. The van der Waals surface area contributed by atoms with Gasteiger partial charge in [-0.15, -0.1) is 0 Å². The molecule has 18 heavy (non-hydrogen) atoms. The Morgan fingerprint density at radius 3 is 2.67 bits per heavy atom. The fraction of sp³-hybridized carbons (Fsp3) is 0.0833. The van der Waals surface area contributed by atoms with Crippen LogP contribution in [0.2, 0.25) is 0 Å². The first-order valence-corrected chi connectivity index (χ1v) is 6.55. The summed E-state index contributed by atoms with van der Waals surface area (Å²) in [6.45, 7) is 0.174. The molecular weight excluding hydrogens is 368 g/mol. The van der Waals surface area contributed by atoms with Crippen molar-refractivity contribution in [2.75, 3.05) is 0 Å². The molecule has 0 amide bonds. The second-order valence-corrected chi connectivity index (χ2v) is 5.20. The molecule has 0 aliphatic carbocycles. The van der Waals surface area contributed by atoms with Crippen molar-refractivity contribution < 1.29 is 19.1 Å². The minimum atomic E-state index is -1.09. The van der Waals surface area contributed by atoms with Crippen LogP contribution in [-0.2, 0) is 6.61 Å². The molecule has 2 rings (SSSR count). The molecule has 1 aromatic carbocycles. The Balaban J connectivity index is 2.04. The molecule has 94 valence electrons. The maximum Gasteiger partial charge on any atom is 0.371 e. The summed E-state index contributed by atoms with van der Waals surface area (Å²) in [6.07, 6.45) is 0. The van der Waals surface area contributed by atoms with Crippen LogP contribution in [0.4, 0.5) is 0 Å². The minimum Gasteiger partial charge on any atom is -0.484 e. The van der Waals surface area contributed by atoms with Crippen molar-refractivity contribution in [1.82, 2.24) is 0 Å². The lowest BCUT2D eigenvalue weighted by atomic mass is 10.3. The number of halogens is 2. The van der Waals surface area contributed by atoms with E-state index in [1.165, 1.54) is 6.07 Å². The van der Waals surface area contributed by atoms with E-state index in [4.69, 9.17) is 14.3 Å². The predicted octanol–water partition coefficient (Wildman–Crippen LogP) is 4.08. The topological polar surface area (TPSA) is 59.7 Å². The number of benzene rings is 1. The van der Waals surface area contributed by atoms with Gasteiger partial charge in [0, 0.05) is 4.47 Å². The number of ether oxygens (including phenoxy) is 1. The molecule has 0 aliphatic heterocycles. The van der Waals surface area contributed by atoms with E-state index in [2.05, 4.69) is 31.9 Å². The van der Waals surface area contributed by atoms with Crippen LogP contribution in [0.25, 0.3) is 0 Å². The van der Waals surface area contributed by atoms with E-state index in [0.29, 0.717) is 11.5 Å². The fourth-order valence-electron chi connectivity index (χ4n) is 1.31. The van der Waals surface area contributed by atoms with Crippen molar-refractivity contribution in [3.8, 4) is 5.75 Å². The molecule has 6 heteroatoms. The zero-order valence-corrected chi connectivity index (χ0v) is 12.2. The smallest absolute Gasteiger partial charge is 0.371 e. The third kappa shape index (κ3) is 3.14. The summed E-state index contributed by atoms with van der Waals surface area (Å²) >= 11 is 6.71. The molecule has 4 nitrogen and oxygen atoms in total. The summed E-state index contributed by atoms with van der Waals surface area (Å²) in [6, 6.07) is 8.49. The minimum absolute atomic E-state index is 0.0940. The molecule has 2 aromatic rings. The molecule has 0 unspecified atom stereocenters. The molecule has 1 aromatic heterocycles. The number of furan rings is 1. The number of carbonyl (C=O) groups is 1. The van der Waals surface area contributed by atoms with Crippen LogP contribution in [0, 0.1) is 0 Å². The first kappa shape index (κ1) is 13.2. The summed E-state index contributed by atoms with van der Waals surface area (Å²) in [5.74, 6) is -0.0664. The number of rotatable bonds is 4. The Kier molecular flexibility index (Phi) is 4.08. The lowest BCUT2D eigenvalue weighted by Crippen LogP contribution is -1.95. The van der Waals surface area contributed by atoms with E-state index >= 15 is 0 Å². The molecule has 0 aliphatic rings. The van der Waals surface area contributed by atoms with Crippen LogP contribution >= 0.6 is 31.9 Å². The highest BCUT2D eigenvalue weighted by molar-refractivity contribution is 9.11. The van der Waals surface area contributed by atoms with Gasteiger partial charge in [-0.3, -0.25) is 0 Å². The standard InChI is InChI=1S/C12H8Br2O4/c13-7-1-3-10(9(14)5-7)17-6-8-2-4-11(18-8)12(15)16/h1-5H,6H2,(H,15,16). The third-order valence-corrected chi connectivity index (χ3v) is 3.25. The van der Waals surface area contributed by atoms with Crippen LogP contribution in [-0.4, -0.2) is 11.1 Å². The fourth-order valence-corrected chi connectivity index (χ4v) is 2.47. The molecule has 1 heterocycles. The number of hydrogen-bond acceptors (Lipinski definition) is 3. The molecule has 0 fully saturated rings. The molecule has 0 saturated carbocycles. The summed E-state index contributed by atoms with van der Waals surface area (Å²) < 4.78 is 12.3. The molecule has 0 radical (unpaired) electrons. The molecule has 0 bridgehead atoms. The van der Waals surface area contributed by atoms with Crippen molar-refractivity contribution in [3.05, 3.63) is 50.8 Å². The quantitative estimate of drug-likeness (QED) is 0.874. The van der Waals surface area contributed by atoms with Crippen LogP contribution in [0.3, 0.4) is 0 Å². The second kappa shape index (κ2) is 5.58. The molecule has 0 spiro atoms. The average molecular weight is 376 g/mol. The Labute approximate surface area is 120 Å². The van der Waals surface area contributed by atoms with Crippen molar-refractivity contribution in [2.45, 2.75) is 6.61 Å². The third-order valence-electron chi connectivity index (χ3n) is 2.14. The van der Waals surface area contributed by atoms with Gasteiger partial charge in [0.15, 0.2) is 0 Å². The van der Waals surface area contributed by atoms with E-state index in [-0.39, 0.29) is 12.4 Å². The number of carboxylic acid groups (broad SMARTS) is 1. The summed E-state index contributed by atoms with van der Waals surface area (Å²) in [7, 11) is 0. The van der Waals surface area contributed by atoms with Gasteiger partial charge in [0.05, 0.1) is 4.47 Å². The van der Waals surface area contributed by atoms with Gasteiger partial charge >= 0.3 is 5.97 Å². The summed E-state index contributed by atoms with van der Waals surface area (Å²) in [4.78, 5) is 10.6. The maximum absolute atomic E-state index is 10.6. The van der Waals surface area contributed by atoms with Crippen molar-refractivity contribution >= 4 is 37.8 Å². The Morgan fingerprint density at radius 1 is 1.28 bits per heavy atom. The summed E-state index contributed by atoms with van der Waals surface area (Å²) in [5, 5.41) is 8.71. The van der Waals surface area contributed by atoms with Crippen molar-refractivity contribution in [2.24, 2.45) is 0 Å². The van der Waals surface area contributed by atoms with E-state index in [0.717, 1.165) is 8.95 Å². The van der Waals surface area contributed by atoms with E-state index in [1.807, 2.05) is 12.1 Å². The van der Waals surface area contributed by atoms with Gasteiger partial charge < -0.3 is 14.3 Å². The zero-order chi connectivity index (χ0) is 13.1. The van der Waals surface area contributed by atoms with Gasteiger partial charge in [0.2, 0.25) is 5.76 Å². The largest absolute Gasteiger partial charge is 0.484 e. The highest BCUT2D eigenvalue weighted by atomic mass is 79.9. The first-order valence-electron chi connectivity index (χ1n) is 4.96. The van der Waals surface area contributed by atoms with Crippen molar-refractivity contribution in [3.63, 3.8) is 0 Å². The number of aromatic carboxylic acids is 1. The van der Waals surface area contributed by atoms with Crippen molar-refractivity contribution in [1.29, 1.82) is 0 Å². The van der Waals surface area contributed by atoms with Crippen LogP contribution in [0.1, 0.15) is 16.3 Å². The average Bonchev–Trinajstić information content (AvgIpc) is 2.76. The maximum atomic E-state index is 10.6. The van der Waals surface area contributed by atoms with Gasteiger partial charge in [-0.05, 0) is 46.3 Å². The summed E-state index contributed by atoms with van der Waals surface area (Å²) in [5.41, 5.74) is 0. The molecule has 1 N–H and O–H groups in total. The Hall–Kier alpha value is -1.27. The highest BCUT2D eigenvalue weighted by Gasteiger charge is 2.10. The molecule has 0 atom stereocenters. The SMILES string of the molecule is O=C(O)c1ccc(COc2ccc(Br)cc2Br)o1. The zero-order valence-electron chi connectivity index (χ0n) is 9.02. The highest BCUT2D eigenvalue weighted by Crippen LogP contribution is 2.28. The number of hydrogen-bond donors (Lipinski definition) is 1. The van der Waals surface area contributed by atoms with Crippen LogP contribution < -0.4 is 4.74 Å². The van der Waals surface area contributed by atoms with E-state index in [1.54, 1.807) is 12.1 Å². The Bertz CT molecular complexity index is 577. The monoisotopic (exact) mass is 374 g/mol. The van der Waals surface area contributed by atoms with Gasteiger partial charge in [0.1, 0.15) is 18.1 Å². The predicted molar refractivity (Wildman–Crippen MR) is 71.8 cm³/mol. The second-order valence-electron chi connectivity index (χ2n) is 3.43. The number of carboxylic acids is 1. The van der Waals surface area contributed by atoms with Crippen LogP contribution in [0.5, 0.6) is 5.75 Å². The normalized spacial score (nSPS) is 10.3. The first-order chi connectivity index (χ1) is 8.56. The Morgan fingerprint density at radius 2 is 2.06 bits per heavy atom. The van der Waals surface area contributed by atoms with Gasteiger partial charge in [-0.25, -0.2) is 4.79 Å². The van der Waals surface area contributed by atoms with Gasteiger partial charge in [-0.1, -0.05) is 15.9 Å². The van der Waals surface area contributed by atoms with E-state index in [9.17, 15) is 4.79 Å². The van der Waals surface area contributed by atoms with Crippen LogP contribution in [0.15, 0.2) is 43.7 Å². The molecular formula is C12H8Br2O4. The van der Waals surface area contributed by atoms with E-state index < -0.39 is 5.97 Å².